The summed E-state index contributed by atoms with van der Waals surface area (Å²) in [5.41, 5.74) is -0.474. The SMILES string of the molecule is CC(C)(C)OC(O)N1CCC1C(=O)O. The van der Waals surface area contributed by atoms with Gasteiger partial charge < -0.3 is 14.9 Å². The Balaban J connectivity index is 2.46. The van der Waals surface area contributed by atoms with Crippen LogP contribution in [0.1, 0.15) is 27.2 Å². The molecule has 0 aromatic heterocycles. The quantitative estimate of drug-likeness (QED) is 0.643. The first kappa shape index (κ1) is 11.4. The first-order valence-corrected chi connectivity index (χ1v) is 4.66. The van der Waals surface area contributed by atoms with Gasteiger partial charge in [-0.3, -0.25) is 4.79 Å². The van der Waals surface area contributed by atoms with Gasteiger partial charge in [0.2, 0.25) is 6.41 Å². The van der Waals surface area contributed by atoms with E-state index >= 15 is 0 Å². The first-order chi connectivity index (χ1) is 6.31. The Morgan fingerprint density at radius 3 is 2.43 bits per heavy atom. The number of likely N-dealkylation sites (tertiary alicyclic amines) is 1. The zero-order chi connectivity index (χ0) is 10.9. The van der Waals surface area contributed by atoms with Crippen molar-refractivity contribution in [1.82, 2.24) is 4.90 Å². The third-order valence-electron chi connectivity index (χ3n) is 2.09. The average Bonchev–Trinajstić information content (AvgIpc) is 1.75. The van der Waals surface area contributed by atoms with E-state index in [4.69, 9.17) is 9.84 Å². The van der Waals surface area contributed by atoms with E-state index in [0.717, 1.165) is 0 Å². The number of rotatable bonds is 3. The molecular weight excluding hydrogens is 186 g/mol. The molecule has 1 aliphatic heterocycles. The monoisotopic (exact) mass is 203 g/mol. The van der Waals surface area contributed by atoms with Crippen molar-refractivity contribution < 1.29 is 19.7 Å². The Bertz CT molecular complexity index is 223. The van der Waals surface area contributed by atoms with Crippen LogP contribution in [-0.4, -0.2) is 45.7 Å². The molecule has 82 valence electrons. The number of hydrogen-bond donors (Lipinski definition) is 2. The van der Waals surface area contributed by atoms with Crippen molar-refractivity contribution in [3.8, 4) is 0 Å². The minimum Gasteiger partial charge on any atom is -0.480 e. The van der Waals surface area contributed by atoms with E-state index in [9.17, 15) is 9.90 Å². The van der Waals surface area contributed by atoms with Crippen LogP contribution < -0.4 is 0 Å². The highest BCUT2D eigenvalue weighted by Crippen LogP contribution is 2.23. The second-order valence-corrected chi connectivity index (χ2v) is 4.44. The van der Waals surface area contributed by atoms with Crippen LogP contribution in [0.5, 0.6) is 0 Å². The fourth-order valence-corrected chi connectivity index (χ4v) is 1.32. The minimum atomic E-state index is -1.12. The van der Waals surface area contributed by atoms with E-state index in [0.29, 0.717) is 13.0 Å². The minimum absolute atomic E-state index is 0.474. The summed E-state index contributed by atoms with van der Waals surface area (Å²) < 4.78 is 5.24. The summed E-state index contributed by atoms with van der Waals surface area (Å²) in [5, 5.41) is 18.3. The smallest absolute Gasteiger partial charge is 0.321 e. The molecule has 0 aliphatic carbocycles. The van der Waals surface area contributed by atoms with Crippen LogP contribution in [0.25, 0.3) is 0 Å². The van der Waals surface area contributed by atoms with E-state index in [1.54, 1.807) is 0 Å². The normalized spacial score (nSPS) is 25.6. The molecule has 0 bridgehead atoms. The maximum Gasteiger partial charge on any atom is 0.321 e. The topological polar surface area (TPSA) is 70.0 Å². The first-order valence-electron chi connectivity index (χ1n) is 4.66. The van der Waals surface area contributed by atoms with Crippen LogP contribution in [0.2, 0.25) is 0 Å². The molecule has 2 atom stereocenters. The summed E-state index contributed by atoms with van der Waals surface area (Å²) in [7, 11) is 0. The van der Waals surface area contributed by atoms with Crippen LogP contribution in [0, 0.1) is 0 Å². The number of carboxylic acids is 1. The van der Waals surface area contributed by atoms with E-state index in [2.05, 4.69) is 0 Å². The van der Waals surface area contributed by atoms with Gasteiger partial charge >= 0.3 is 5.97 Å². The summed E-state index contributed by atoms with van der Waals surface area (Å²) in [4.78, 5) is 12.1. The van der Waals surface area contributed by atoms with Crippen molar-refractivity contribution in [2.24, 2.45) is 0 Å². The van der Waals surface area contributed by atoms with Crippen LogP contribution >= 0.6 is 0 Å². The van der Waals surface area contributed by atoms with Crippen molar-refractivity contribution in [3.63, 3.8) is 0 Å². The van der Waals surface area contributed by atoms with Gasteiger partial charge in [0.1, 0.15) is 6.04 Å². The Labute approximate surface area is 83.3 Å². The maximum atomic E-state index is 10.7. The molecule has 0 aromatic rings. The summed E-state index contributed by atoms with van der Waals surface area (Å²) in [6.45, 7) is 6.00. The van der Waals surface area contributed by atoms with Crippen LogP contribution in [0.15, 0.2) is 0 Å². The molecule has 0 aromatic carbocycles. The molecule has 5 heteroatoms. The molecule has 2 N–H and O–H groups in total. The van der Waals surface area contributed by atoms with E-state index < -0.39 is 24.0 Å². The Morgan fingerprint density at radius 2 is 2.14 bits per heavy atom. The second-order valence-electron chi connectivity index (χ2n) is 4.44. The second kappa shape index (κ2) is 3.84. The van der Waals surface area contributed by atoms with E-state index in [-0.39, 0.29) is 0 Å². The van der Waals surface area contributed by atoms with Gasteiger partial charge in [0.15, 0.2) is 0 Å². The number of ether oxygens (including phenoxy) is 1. The molecule has 5 nitrogen and oxygen atoms in total. The molecule has 0 radical (unpaired) electrons. The molecule has 2 unspecified atom stereocenters. The largest absolute Gasteiger partial charge is 0.480 e. The predicted molar refractivity (Wildman–Crippen MR) is 49.6 cm³/mol. The third-order valence-corrected chi connectivity index (χ3v) is 2.09. The lowest BCUT2D eigenvalue weighted by Gasteiger charge is -2.42. The predicted octanol–water partition coefficient (Wildman–Crippen LogP) is 0.236. The van der Waals surface area contributed by atoms with Gasteiger partial charge in [-0.25, -0.2) is 4.90 Å². The van der Waals surface area contributed by atoms with Crippen LogP contribution in [0.4, 0.5) is 0 Å². The molecule has 1 aliphatic rings. The lowest BCUT2D eigenvalue weighted by atomic mass is 10.0. The Hall–Kier alpha value is -0.650. The third kappa shape index (κ3) is 2.67. The number of carboxylic acid groups (broad SMARTS) is 1. The van der Waals surface area contributed by atoms with E-state index in [1.165, 1.54) is 4.90 Å². The zero-order valence-corrected chi connectivity index (χ0v) is 8.73. The van der Waals surface area contributed by atoms with Crippen molar-refractivity contribution in [3.05, 3.63) is 0 Å². The zero-order valence-electron chi connectivity index (χ0n) is 8.73. The van der Waals surface area contributed by atoms with Gasteiger partial charge in [-0.15, -0.1) is 0 Å². The van der Waals surface area contributed by atoms with Gasteiger partial charge in [0.25, 0.3) is 0 Å². The lowest BCUT2D eigenvalue weighted by Crippen LogP contribution is -2.58. The van der Waals surface area contributed by atoms with Gasteiger partial charge in [0, 0.05) is 6.54 Å². The summed E-state index contributed by atoms with van der Waals surface area (Å²) in [6, 6.07) is -0.604. The van der Waals surface area contributed by atoms with Gasteiger partial charge in [0.05, 0.1) is 5.60 Å². The Kier molecular flexibility index (Phi) is 3.14. The fraction of sp³-hybridized carbons (Fsp3) is 0.889. The molecule has 1 fully saturated rings. The average molecular weight is 203 g/mol. The Morgan fingerprint density at radius 1 is 1.57 bits per heavy atom. The molecule has 14 heavy (non-hydrogen) atoms. The van der Waals surface area contributed by atoms with Crippen molar-refractivity contribution >= 4 is 5.97 Å². The molecule has 1 heterocycles. The van der Waals surface area contributed by atoms with Crippen LogP contribution in [-0.2, 0) is 9.53 Å². The number of aliphatic hydroxyl groups is 1. The summed E-state index contributed by atoms with van der Waals surface area (Å²) in [6.07, 6.45) is -0.551. The number of carbonyl (C=O) groups is 1. The number of nitrogens with zero attached hydrogens (tertiary/aromatic N) is 1. The maximum absolute atomic E-state index is 10.7. The number of aliphatic hydroxyl groups excluding tert-OH is 1. The van der Waals surface area contributed by atoms with Crippen molar-refractivity contribution in [1.29, 1.82) is 0 Å². The van der Waals surface area contributed by atoms with E-state index in [1.807, 2.05) is 20.8 Å². The highest BCUT2D eigenvalue weighted by atomic mass is 16.6. The molecule has 1 saturated heterocycles. The number of aliphatic carboxylic acids is 1. The van der Waals surface area contributed by atoms with Crippen molar-refractivity contribution in [2.45, 2.75) is 45.2 Å². The molecule has 0 amide bonds. The summed E-state index contributed by atoms with van der Waals surface area (Å²) in [5.74, 6) is -0.909. The van der Waals surface area contributed by atoms with Gasteiger partial charge in [-0.1, -0.05) is 0 Å². The fourth-order valence-electron chi connectivity index (χ4n) is 1.32. The molecular formula is C9H17NO4. The molecule has 0 spiro atoms. The molecule has 0 saturated carbocycles. The lowest BCUT2D eigenvalue weighted by molar-refractivity contribution is -0.266. The molecule has 1 rings (SSSR count). The summed E-state index contributed by atoms with van der Waals surface area (Å²) >= 11 is 0. The van der Waals surface area contributed by atoms with Crippen LogP contribution in [0.3, 0.4) is 0 Å². The van der Waals surface area contributed by atoms with Crippen molar-refractivity contribution in [2.75, 3.05) is 6.54 Å². The highest BCUT2D eigenvalue weighted by Gasteiger charge is 2.39. The number of hydrogen-bond acceptors (Lipinski definition) is 4. The van der Waals surface area contributed by atoms with Gasteiger partial charge in [-0.05, 0) is 27.2 Å². The standard InChI is InChI=1S/C9H17NO4/c1-9(2,3)14-8(13)10-5-4-6(10)7(11)12/h6,8,13H,4-5H2,1-3H3,(H,11,12). The highest BCUT2D eigenvalue weighted by molar-refractivity contribution is 5.74. The van der Waals surface area contributed by atoms with Gasteiger partial charge in [-0.2, -0.15) is 0 Å².